The molecule has 5 aromatic rings. The van der Waals surface area contributed by atoms with Crippen LogP contribution in [0.4, 0.5) is 11.5 Å². The molecule has 0 spiro atoms. The summed E-state index contributed by atoms with van der Waals surface area (Å²) in [6.45, 7) is 8.88. The van der Waals surface area contributed by atoms with Crippen molar-refractivity contribution in [3.63, 3.8) is 0 Å². The highest BCUT2D eigenvalue weighted by molar-refractivity contribution is 5.97. The molecule has 40 heavy (non-hydrogen) atoms. The van der Waals surface area contributed by atoms with E-state index in [1.165, 1.54) is 18.1 Å². The molecule has 1 aliphatic heterocycles. The number of carbonyl (C=O) groups excluding carboxylic acids is 2. The van der Waals surface area contributed by atoms with Crippen LogP contribution < -0.4 is 16.0 Å². The number of aromatic nitrogens is 5. The largest absolute Gasteiger partial charge is 0.364 e. The molecule has 1 aliphatic rings. The van der Waals surface area contributed by atoms with Gasteiger partial charge in [-0.2, -0.15) is 10.2 Å². The highest BCUT2D eigenvalue weighted by Gasteiger charge is 2.33. The molecule has 4 heterocycles. The van der Waals surface area contributed by atoms with Gasteiger partial charge in [-0.25, -0.2) is 9.50 Å². The van der Waals surface area contributed by atoms with Crippen molar-refractivity contribution in [3.05, 3.63) is 83.3 Å². The number of aromatic amines is 1. The quantitative estimate of drug-likeness (QED) is 0.300. The van der Waals surface area contributed by atoms with Gasteiger partial charge in [-0.15, -0.1) is 0 Å². The molecule has 4 N–H and O–H groups in total. The van der Waals surface area contributed by atoms with Gasteiger partial charge in [0.05, 0.1) is 17.5 Å². The van der Waals surface area contributed by atoms with Gasteiger partial charge < -0.3 is 16.0 Å². The fourth-order valence-electron chi connectivity index (χ4n) is 5.48. The van der Waals surface area contributed by atoms with Crippen LogP contribution in [0.15, 0.2) is 60.9 Å². The van der Waals surface area contributed by atoms with Crippen LogP contribution in [0.5, 0.6) is 0 Å². The number of amides is 2. The van der Waals surface area contributed by atoms with Gasteiger partial charge in [0.25, 0.3) is 5.91 Å². The lowest BCUT2D eigenvalue weighted by Gasteiger charge is -2.25. The van der Waals surface area contributed by atoms with Crippen molar-refractivity contribution in [2.75, 3.05) is 10.2 Å². The lowest BCUT2D eigenvalue weighted by atomic mass is 9.86. The molecule has 0 bridgehead atoms. The maximum absolute atomic E-state index is 12.7. The Morgan fingerprint density at radius 1 is 1.02 bits per heavy atom. The Hall–Kier alpha value is -4.99. The number of H-pyrrole nitrogens is 1. The fourth-order valence-corrected chi connectivity index (χ4v) is 5.48. The summed E-state index contributed by atoms with van der Waals surface area (Å²) in [5.41, 5.74) is 13.1. The summed E-state index contributed by atoms with van der Waals surface area (Å²) in [6, 6.07) is 16.0. The van der Waals surface area contributed by atoms with Crippen LogP contribution >= 0.6 is 0 Å². The number of hydrogen-bond donors (Lipinski definition) is 3. The number of benzene rings is 2. The van der Waals surface area contributed by atoms with E-state index in [1.54, 1.807) is 16.9 Å². The molecule has 202 valence electrons. The van der Waals surface area contributed by atoms with Gasteiger partial charge in [0, 0.05) is 43.0 Å². The Morgan fingerprint density at radius 3 is 2.35 bits per heavy atom. The molecule has 0 fully saturated rings. The number of primary amides is 1. The van der Waals surface area contributed by atoms with Crippen LogP contribution in [0.1, 0.15) is 54.9 Å². The van der Waals surface area contributed by atoms with E-state index in [0.717, 1.165) is 22.5 Å². The molecule has 2 amide bonds. The molecule has 0 saturated carbocycles. The Morgan fingerprint density at radius 2 is 1.75 bits per heavy atom. The second kappa shape index (κ2) is 9.33. The average Bonchev–Trinajstić information content (AvgIpc) is 3.65. The molecule has 0 unspecified atom stereocenters. The molecule has 0 aliphatic carbocycles. The molecule has 0 saturated heterocycles. The molecule has 2 aromatic carbocycles. The van der Waals surface area contributed by atoms with E-state index >= 15 is 0 Å². The number of anilines is 2. The SMILES string of the molecule is CC(=O)Nc1cccc(-c2c(N3Cc4ccccc4C3)nc3c(C(C)(C)C)c(C(N)=O)nn3c2-c2cn[nH]c2)c1. The highest BCUT2D eigenvalue weighted by Crippen LogP contribution is 2.44. The lowest BCUT2D eigenvalue weighted by molar-refractivity contribution is -0.114. The third-order valence-electron chi connectivity index (χ3n) is 7.11. The monoisotopic (exact) mass is 534 g/mol. The van der Waals surface area contributed by atoms with Crippen molar-refractivity contribution in [2.24, 2.45) is 5.73 Å². The molecular formula is C30H30N8O2. The Kier molecular flexibility index (Phi) is 5.90. The van der Waals surface area contributed by atoms with E-state index < -0.39 is 11.3 Å². The minimum atomic E-state index is -0.613. The zero-order valence-electron chi connectivity index (χ0n) is 22.8. The second-order valence-electron chi connectivity index (χ2n) is 11.1. The summed E-state index contributed by atoms with van der Waals surface area (Å²) < 4.78 is 1.71. The first-order valence-electron chi connectivity index (χ1n) is 13.1. The maximum atomic E-state index is 12.7. The fraction of sp³-hybridized carbons (Fsp3) is 0.233. The van der Waals surface area contributed by atoms with E-state index in [4.69, 9.17) is 15.8 Å². The van der Waals surface area contributed by atoms with E-state index in [9.17, 15) is 9.59 Å². The Labute approximate surface area is 231 Å². The first-order chi connectivity index (χ1) is 19.1. The summed E-state index contributed by atoms with van der Waals surface area (Å²) in [5.74, 6) is -0.0387. The Bertz CT molecular complexity index is 1750. The van der Waals surface area contributed by atoms with Crippen LogP contribution in [-0.4, -0.2) is 36.6 Å². The van der Waals surface area contributed by atoms with Crippen molar-refractivity contribution in [3.8, 4) is 22.4 Å². The number of hydrogen-bond acceptors (Lipinski definition) is 6. The number of nitrogens with two attached hydrogens (primary N) is 1. The minimum Gasteiger partial charge on any atom is -0.364 e. The van der Waals surface area contributed by atoms with E-state index in [2.05, 4.69) is 32.5 Å². The summed E-state index contributed by atoms with van der Waals surface area (Å²) >= 11 is 0. The van der Waals surface area contributed by atoms with E-state index in [1.807, 2.05) is 57.2 Å². The first kappa shape index (κ1) is 25.3. The van der Waals surface area contributed by atoms with Gasteiger partial charge in [0.1, 0.15) is 5.82 Å². The third-order valence-corrected chi connectivity index (χ3v) is 7.11. The number of nitrogens with one attached hydrogen (secondary N) is 2. The molecule has 10 nitrogen and oxygen atoms in total. The Balaban J connectivity index is 1.73. The number of carbonyl (C=O) groups is 2. The molecular weight excluding hydrogens is 504 g/mol. The van der Waals surface area contributed by atoms with Gasteiger partial charge in [-0.3, -0.25) is 14.7 Å². The normalized spacial score (nSPS) is 13.1. The summed E-state index contributed by atoms with van der Waals surface area (Å²) in [5, 5.41) is 14.8. The van der Waals surface area contributed by atoms with Gasteiger partial charge in [-0.05, 0) is 34.2 Å². The topological polar surface area (TPSA) is 134 Å². The third kappa shape index (κ3) is 4.27. The van der Waals surface area contributed by atoms with E-state index in [0.29, 0.717) is 35.7 Å². The highest BCUT2D eigenvalue weighted by atomic mass is 16.1. The summed E-state index contributed by atoms with van der Waals surface area (Å²) in [7, 11) is 0. The van der Waals surface area contributed by atoms with Crippen molar-refractivity contribution in [1.29, 1.82) is 0 Å². The van der Waals surface area contributed by atoms with Crippen molar-refractivity contribution in [1.82, 2.24) is 24.8 Å². The number of rotatable bonds is 5. The van der Waals surface area contributed by atoms with Gasteiger partial charge >= 0.3 is 0 Å². The van der Waals surface area contributed by atoms with Crippen molar-refractivity contribution >= 4 is 29.0 Å². The average molecular weight is 535 g/mol. The standard InChI is InChI=1S/C30H30N8O2/c1-17(39)34-22-11-7-10-18(12-22)23-26(21-13-32-33-14-21)38-29(24(30(2,3)4)25(36-38)27(31)40)35-28(23)37-15-19-8-5-6-9-20(19)16-37/h5-14H,15-16H2,1-4H3,(H2,31,40)(H,32,33)(H,34,39). The summed E-state index contributed by atoms with van der Waals surface area (Å²) in [4.78, 5) is 32.0. The van der Waals surface area contributed by atoms with E-state index in [-0.39, 0.29) is 11.6 Å². The zero-order valence-corrected chi connectivity index (χ0v) is 22.8. The van der Waals surface area contributed by atoms with Gasteiger partial charge in [-0.1, -0.05) is 57.2 Å². The zero-order chi connectivity index (χ0) is 28.2. The minimum absolute atomic E-state index is 0.163. The van der Waals surface area contributed by atoms with Crippen molar-refractivity contribution < 1.29 is 9.59 Å². The maximum Gasteiger partial charge on any atom is 0.269 e. The van der Waals surface area contributed by atoms with Crippen LogP contribution in [0, 0.1) is 0 Å². The predicted octanol–water partition coefficient (Wildman–Crippen LogP) is 4.66. The van der Waals surface area contributed by atoms with Crippen molar-refractivity contribution in [2.45, 2.75) is 46.2 Å². The second-order valence-corrected chi connectivity index (χ2v) is 11.1. The van der Waals surface area contributed by atoms with Crippen LogP contribution in [-0.2, 0) is 23.3 Å². The lowest BCUT2D eigenvalue weighted by Crippen LogP contribution is -2.21. The number of nitrogens with zero attached hydrogens (tertiary/aromatic N) is 5. The molecule has 0 radical (unpaired) electrons. The van der Waals surface area contributed by atoms with Crippen LogP contribution in [0.2, 0.25) is 0 Å². The van der Waals surface area contributed by atoms with Crippen LogP contribution in [0.3, 0.4) is 0 Å². The van der Waals surface area contributed by atoms with Crippen LogP contribution in [0.25, 0.3) is 28.0 Å². The molecule has 3 aromatic heterocycles. The van der Waals surface area contributed by atoms with Gasteiger partial charge in [0.2, 0.25) is 5.91 Å². The summed E-state index contributed by atoms with van der Waals surface area (Å²) in [6.07, 6.45) is 3.52. The smallest absolute Gasteiger partial charge is 0.269 e. The molecule has 6 rings (SSSR count). The first-order valence-corrected chi connectivity index (χ1v) is 13.1. The number of fused-ring (bicyclic) bond motifs is 2. The molecule has 10 heteroatoms. The molecule has 0 atom stereocenters. The predicted molar refractivity (Wildman–Crippen MR) is 154 cm³/mol. The van der Waals surface area contributed by atoms with Gasteiger partial charge in [0.15, 0.2) is 11.3 Å².